The van der Waals surface area contributed by atoms with E-state index >= 15 is 0 Å². The zero-order valence-corrected chi connectivity index (χ0v) is 13.0. The Hall–Kier alpha value is -0.880. The maximum atomic E-state index is 5.99. The fourth-order valence-electron chi connectivity index (χ4n) is 1.56. The van der Waals surface area contributed by atoms with Crippen LogP contribution in [0.5, 0.6) is 5.75 Å². The van der Waals surface area contributed by atoms with E-state index in [1.54, 1.807) is 0 Å². The molecule has 2 nitrogen and oxygen atoms in total. The summed E-state index contributed by atoms with van der Waals surface area (Å²) in [6.45, 7) is 6.43. The molecule has 0 aliphatic carbocycles. The molecule has 4 heteroatoms. The Labute approximate surface area is 127 Å². The second kappa shape index (κ2) is 9.97. The fourth-order valence-corrected chi connectivity index (χ4v) is 1.75. The van der Waals surface area contributed by atoms with Crippen molar-refractivity contribution in [3.05, 3.63) is 28.8 Å². The second-order valence-corrected chi connectivity index (χ2v) is 5.04. The van der Waals surface area contributed by atoms with E-state index in [1.807, 2.05) is 18.2 Å². The van der Waals surface area contributed by atoms with Gasteiger partial charge in [0, 0.05) is 17.1 Å². The molecule has 0 atom stereocenters. The minimum absolute atomic E-state index is 0. The third-order valence-electron chi connectivity index (χ3n) is 2.55. The van der Waals surface area contributed by atoms with Gasteiger partial charge in [-0.05, 0) is 37.1 Å². The second-order valence-electron chi connectivity index (χ2n) is 4.60. The van der Waals surface area contributed by atoms with Crippen molar-refractivity contribution in [1.82, 2.24) is 5.32 Å². The Morgan fingerprint density at radius 1 is 1.42 bits per heavy atom. The van der Waals surface area contributed by atoms with Crippen LogP contribution in [0.1, 0.15) is 25.8 Å². The van der Waals surface area contributed by atoms with Gasteiger partial charge in [-0.3, -0.25) is 0 Å². The van der Waals surface area contributed by atoms with Gasteiger partial charge in [0.15, 0.2) is 0 Å². The van der Waals surface area contributed by atoms with Crippen LogP contribution in [0.2, 0.25) is 5.02 Å². The van der Waals surface area contributed by atoms with Gasteiger partial charge >= 0.3 is 0 Å². The van der Waals surface area contributed by atoms with E-state index in [-0.39, 0.29) is 19.0 Å². The highest BCUT2D eigenvalue weighted by Crippen LogP contribution is 2.22. The summed E-state index contributed by atoms with van der Waals surface area (Å²) in [7, 11) is 0. The number of ether oxygens (including phenoxy) is 1. The molecular weight excluding hydrogens is 281 g/mol. The van der Waals surface area contributed by atoms with Crippen LogP contribution in [0.25, 0.3) is 0 Å². The van der Waals surface area contributed by atoms with Gasteiger partial charge in [0.05, 0.1) is 0 Å². The molecule has 0 aliphatic rings. The third kappa shape index (κ3) is 7.32. The van der Waals surface area contributed by atoms with Gasteiger partial charge in [-0.15, -0.1) is 18.8 Å². The zero-order valence-electron chi connectivity index (χ0n) is 11.4. The lowest BCUT2D eigenvalue weighted by Gasteiger charge is -2.12. The molecule has 0 radical (unpaired) electrons. The largest absolute Gasteiger partial charge is 0.481 e. The number of rotatable bonds is 7. The van der Waals surface area contributed by atoms with Crippen molar-refractivity contribution in [3.8, 4) is 18.1 Å². The summed E-state index contributed by atoms with van der Waals surface area (Å²) in [5.41, 5.74) is 1.04. The van der Waals surface area contributed by atoms with Crippen LogP contribution in [0, 0.1) is 18.3 Å². The van der Waals surface area contributed by atoms with Crippen molar-refractivity contribution in [3.63, 3.8) is 0 Å². The number of hydrogen-bond donors (Lipinski definition) is 1. The van der Waals surface area contributed by atoms with Gasteiger partial charge < -0.3 is 10.1 Å². The van der Waals surface area contributed by atoms with Crippen LogP contribution in [-0.2, 0) is 6.54 Å². The Balaban J connectivity index is 0.00000324. The first kappa shape index (κ1) is 18.1. The molecule has 0 saturated heterocycles. The summed E-state index contributed by atoms with van der Waals surface area (Å²) >= 11 is 5.99. The van der Waals surface area contributed by atoms with E-state index in [1.165, 1.54) is 0 Å². The molecule has 0 aliphatic heterocycles. The first-order chi connectivity index (χ1) is 8.63. The molecule has 0 amide bonds. The van der Waals surface area contributed by atoms with Crippen LogP contribution in [0.4, 0.5) is 0 Å². The van der Waals surface area contributed by atoms with E-state index in [4.69, 9.17) is 22.8 Å². The number of nitrogens with one attached hydrogen (secondary N) is 1. The summed E-state index contributed by atoms with van der Waals surface area (Å²) < 4.78 is 5.48. The summed E-state index contributed by atoms with van der Waals surface area (Å²) in [5, 5.41) is 4.10. The topological polar surface area (TPSA) is 21.3 Å². The quantitative estimate of drug-likeness (QED) is 0.609. The standard InChI is InChI=1S/C15H20ClNO.ClH/c1-4-9-18-15-6-5-14(16)10-13(15)11-17-8-7-12(2)3;/h1,5-6,10,12,17H,7-9,11H2,2-3H3;1H. The summed E-state index contributed by atoms with van der Waals surface area (Å²) in [4.78, 5) is 0. The molecule has 0 fully saturated rings. The average Bonchev–Trinajstić information content (AvgIpc) is 2.33. The zero-order chi connectivity index (χ0) is 13.4. The first-order valence-electron chi connectivity index (χ1n) is 6.19. The third-order valence-corrected chi connectivity index (χ3v) is 2.78. The SMILES string of the molecule is C#CCOc1ccc(Cl)cc1CNCCC(C)C.Cl. The van der Waals surface area contributed by atoms with Gasteiger partial charge in [-0.1, -0.05) is 31.4 Å². The normalized spacial score (nSPS) is 9.84. The molecule has 1 rings (SSSR count). The van der Waals surface area contributed by atoms with Crippen molar-refractivity contribution < 1.29 is 4.74 Å². The van der Waals surface area contributed by atoms with E-state index in [9.17, 15) is 0 Å². The molecule has 0 heterocycles. The van der Waals surface area contributed by atoms with E-state index in [0.717, 1.165) is 30.8 Å². The maximum absolute atomic E-state index is 5.99. The van der Waals surface area contributed by atoms with E-state index in [0.29, 0.717) is 10.9 Å². The number of hydrogen-bond acceptors (Lipinski definition) is 2. The summed E-state index contributed by atoms with van der Waals surface area (Å²) in [5.74, 6) is 3.97. The number of terminal acetylenes is 1. The van der Waals surface area contributed by atoms with Gasteiger partial charge in [0.1, 0.15) is 12.4 Å². The molecular formula is C15H21Cl2NO. The predicted molar refractivity (Wildman–Crippen MR) is 84.2 cm³/mol. The van der Waals surface area contributed by atoms with Crippen LogP contribution < -0.4 is 10.1 Å². The Bertz CT molecular complexity index is 413. The lowest BCUT2D eigenvalue weighted by Crippen LogP contribution is -2.17. The highest BCUT2D eigenvalue weighted by Gasteiger charge is 2.04. The molecule has 0 saturated carbocycles. The van der Waals surface area contributed by atoms with Crippen LogP contribution in [0.15, 0.2) is 18.2 Å². The van der Waals surface area contributed by atoms with Crippen molar-refractivity contribution in [2.45, 2.75) is 26.8 Å². The predicted octanol–water partition coefficient (Wildman–Crippen LogP) is 3.91. The lowest BCUT2D eigenvalue weighted by molar-refractivity contribution is 0.364. The summed E-state index contributed by atoms with van der Waals surface area (Å²) in [6.07, 6.45) is 6.35. The molecule has 19 heavy (non-hydrogen) atoms. The highest BCUT2D eigenvalue weighted by molar-refractivity contribution is 6.30. The first-order valence-corrected chi connectivity index (χ1v) is 6.56. The van der Waals surface area contributed by atoms with Gasteiger partial charge in [0.25, 0.3) is 0 Å². The Kier molecular flexibility index (Phi) is 9.51. The van der Waals surface area contributed by atoms with Gasteiger partial charge in [-0.25, -0.2) is 0 Å². The lowest BCUT2D eigenvalue weighted by atomic mass is 10.1. The summed E-state index contributed by atoms with van der Waals surface area (Å²) in [6, 6.07) is 5.58. The molecule has 0 unspecified atom stereocenters. The molecule has 1 aromatic carbocycles. The Morgan fingerprint density at radius 3 is 2.79 bits per heavy atom. The van der Waals surface area contributed by atoms with Crippen molar-refractivity contribution in [2.75, 3.05) is 13.2 Å². The van der Waals surface area contributed by atoms with Crippen LogP contribution >= 0.6 is 24.0 Å². The number of halogens is 2. The molecule has 0 spiro atoms. The molecule has 1 aromatic rings. The minimum atomic E-state index is 0. The molecule has 1 N–H and O–H groups in total. The molecule has 106 valence electrons. The van der Waals surface area contributed by atoms with Gasteiger partial charge in [0.2, 0.25) is 0 Å². The molecule has 0 aromatic heterocycles. The van der Waals surface area contributed by atoms with Crippen LogP contribution in [0.3, 0.4) is 0 Å². The van der Waals surface area contributed by atoms with Crippen molar-refractivity contribution >= 4 is 24.0 Å². The smallest absolute Gasteiger partial charge is 0.148 e. The maximum Gasteiger partial charge on any atom is 0.148 e. The van der Waals surface area contributed by atoms with Crippen molar-refractivity contribution in [1.29, 1.82) is 0 Å². The van der Waals surface area contributed by atoms with E-state index < -0.39 is 0 Å². The van der Waals surface area contributed by atoms with E-state index in [2.05, 4.69) is 25.1 Å². The molecule has 0 bridgehead atoms. The highest BCUT2D eigenvalue weighted by atomic mass is 35.5. The number of benzene rings is 1. The van der Waals surface area contributed by atoms with Crippen molar-refractivity contribution in [2.24, 2.45) is 5.92 Å². The monoisotopic (exact) mass is 301 g/mol. The van der Waals surface area contributed by atoms with Gasteiger partial charge in [-0.2, -0.15) is 0 Å². The van der Waals surface area contributed by atoms with Crippen LogP contribution in [-0.4, -0.2) is 13.2 Å². The minimum Gasteiger partial charge on any atom is -0.481 e. The average molecular weight is 302 g/mol. The Morgan fingerprint density at radius 2 is 2.16 bits per heavy atom. The fraction of sp³-hybridized carbons (Fsp3) is 0.467.